The van der Waals surface area contributed by atoms with E-state index in [0.717, 1.165) is 12.5 Å². The van der Waals surface area contributed by atoms with Gasteiger partial charge < -0.3 is 0 Å². The van der Waals surface area contributed by atoms with Crippen LogP contribution in [-0.4, -0.2) is 20.7 Å². The van der Waals surface area contributed by atoms with Crippen molar-refractivity contribution in [3.8, 4) is 0 Å². The predicted octanol–water partition coefficient (Wildman–Crippen LogP) is 3.06. The van der Waals surface area contributed by atoms with Crippen LogP contribution in [0.25, 0.3) is 0 Å². The summed E-state index contributed by atoms with van der Waals surface area (Å²) < 4.78 is 40.4. The summed E-state index contributed by atoms with van der Waals surface area (Å²) >= 11 is 5.05. The van der Waals surface area contributed by atoms with Crippen LogP contribution >= 0.6 is 12.2 Å². The molecular weight excluding hydrogens is 343 g/mol. The summed E-state index contributed by atoms with van der Waals surface area (Å²) in [6.45, 7) is 1.81. The number of aromatic amines is 1. The van der Waals surface area contributed by atoms with Crippen molar-refractivity contribution in [2.45, 2.75) is 32.5 Å². The normalized spacial score (nSPS) is 11.3. The summed E-state index contributed by atoms with van der Waals surface area (Å²) in [5.74, 6) is 0.0789. The van der Waals surface area contributed by atoms with Gasteiger partial charge in [0, 0.05) is 6.42 Å². The molecule has 2 aromatic rings. The van der Waals surface area contributed by atoms with Crippen LogP contribution in [0.3, 0.4) is 0 Å². The second-order valence-electron chi connectivity index (χ2n) is 5.00. The van der Waals surface area contributed by atoms with Gasteiger partial charge in [-0.15, -0.1) is 0 Å². The number of carbonyl (C=O) groups is 1. The molecule has 0 aliphatic rings. The van der Waals surface area contributed by atoms with Crippen molar-refractivity contribution in [1.82, 2.24) is 20.2 Å². The highest BCUT2D eigenvalue weighted by atomic mass is 32.1. The molecule has 0 saturated carbocycles. The van der Waals surface area contributed by atoms with Gasteiger partial charge in [0.2, 0.25) is 0 Å². The molecule has 1 aromatic heterocycles. The molecule has 0 atom stereocenters. The van der Waals surface area contributed by atoms with E-state index in [0.29, 0.717) is 12.2 Å². The van der Waals surface area contributed by atoms with E-state index in [9.17, 15) is 18.0 Å². The Kier molecular flexibility index (Phi) is 5.60. The van der Waals surface area contributed by atoms with Gasteiger partial charge in [-0.2, -0.15) is 18.3 Å². The first-order valence-corrected chi connectivity index (χ1v) is 7.59. The molecule has 0 fully saturated rings. The number of H-pyrrole nitrogens is 1. The zero-order valence-electron chi connectivity index (χ0n) is 12.8. The number of halogens is 3. The van der Waals surface area contributed by atoms with Crippen LogP contribution in [0, 0.1) is 4.77 Å². The minimum Gasteiger partial charge on any atom is -0.298 e. The highest BCUT2D eigenvalue weighted by Gasteiger charge is 2.33. The fraction of sp³-hybridized carbons (Fsp3) is 0.357. The molecule has 1 heterocycles. The number of amides is 1. The molecule has 0 radical (unpaired) electrons. The molecule has 24 heavy (non-hydrogen) atoms. The molecular formula is C14H16F3N5OS. The lowest BCUT2D eigenvalue weighted by atomic mass is 10.2. The Bertz CT molecular complexity index is 768. The van der Waals surface area contributed by atoms with Crippen LogP contribution < -0.4 is 10.9 Å². The number of benzene rings is 1. The summed E-state index contributed by atoms with van der Waals surface area (Å²) in [6.07, 6.45) is -3.07. The molecule has 6 nitrogen and oxygen atoms in total. The Morgan fingerprint density at radius 3 is 2.75 bits per heavy atom. The number of anilines is 1. The lowest BCUT2D eigenvalue weighted by molar-refractivity contribution is -0.137. The Morgan fingerprint density at radius 2 is 2.08 bits per heavy atom. The van der Waals surface area contributed by atoms with E-state index in [2.05, 4.69) is 21.0 Å². The van der Waals surface area contributed by atoms with Gasteiger partial charge >= 0.3 is 6.18 Å². The molecule has 130 valence electrons. The van der Waals surface area contributed by atoms with Gasteiger partial charge in [0.25, 0.3) is 5.91 Å². The Morgan fingerprint density at radius 1 is 1.38 bits per heavy atom. The Hall–Kier alpha value is -2.36. The average Bonchev–Trinajstić information content (AvgIpc) is 2.86. The number of rotatable bonds is 6. The van der Waals surface area contributed by atoms with Crippen LogP contribution in [0.1, 0.15) is 24.7 Å². The SMILES string of the molecule is CCCc1n[nH]c(=S)n1CC(=O)NNc1ccccc1C(F)(F)F. The molecule has 10 heteroatoms. The summed E-state index contributed by atoms with van der Waals surface area (Å²) in [4.78, 5) is 12.0. The number of carbonyl (C=O) groups excluding carboxylic acids is 1. The first-order valence-electron chi connectivity index (χ1n) is 7.18. The van der Waals surface area contributed by atoms with E-state index in [1.54, 1.807) is 0 Å². The number of nitrogens with zero attached hydrogens (tertiary/aromatic N) is 2. The molecule has 3 N–H and O–H groups in total. The van der Waals surface area contributed by atoms with Gasteiger partial charge in [0.15, 0.2) is 4.77 Å². The van der Waals surface area contributed by atoms with E-state index in [1.807, 2.05) is 6.92 Å². The maximum atomic E-state index is 12.9. The number of nitrogens with one attached hydrogen (secondary N) is 3. The summed E-state index contributed by atoms with van der Waals surface area (Å²) in [6, 6.07) is 4.88. The number of hydrogen-bond donors (Lipinski definition) is 3. The largest absolute Gasteiger partial charge is 0.418 e. The van der Waals surface area contributed by atoms with E-state index in [-0.39, 0.29) is 17.0 Å². The Labute approximate surface area is 141 Å². The molecule has 1 aromatic carbocycles. The average molecular weight is 359 g/mol. The van der Waals surface area contributed by atoms with E-state index >= 15 is 0 Å². The standard InChI is InChI=1S/C14H16F3N5OS/c1-2-5-11-19-21-13(24)22(11)8-12(23)20-18-10-7-4-3-6-9(10)14(15,16)17/h3-4,6-7,18H,2,5,8H2,1H3,(H,20,23)(H,21,24). The van der Waals surface area contributed by atoms with Crippen molar-refractivity contribution in [3.05, 3.63) is 40.4 Å². The van der Waals surface area contributed by atoms with Gasteiger partial charge in [-0.25, -0.2) is 0 Å². The molecule has 1 amide bonds. The highest BCUT2D eigenvalue weighted by molar-refractivity contribution is 7.71. The first-order chi connectivity index (χ1) is 11.3. The lowest BCUT2D eigenvalue weighted by Gasteiger charge is -2.15. The molecule has 0 aliphatic heterocycles. The van der Waals surface area contributed by atoms with Crippen molar-refractivity contribution in [3.63, 3.8) is 0 Å². The van der Waals surface area contributed by atoms with Crippen molar-refractivity contribution in [1.29, 1.82) is 0 Å². The first kappa shape index (κ1) is 18.0. The third-order valence-electron chi connectivity index (χ3n) is 3.18. The maximum Gasteiger partial charge on any atom is 0.418 e. The van der Waals surface area contributed by atoms with E-state index in [1.165, 1.54) is 22.8 Å². The summed E-state index contributed by atoms with van der Waals surface area (Å²) in [5, 5.41) is 6.62. The number of hydrazine groups is 1. The summed E-state index contributed by atoms with van der Waals surface area (Å²) in [5.41, 5.74) is 3.46. The molecule has 0 unspecified atom stereocenters. The van der Waals surface area contributed by atoms with Crippen molar-refractivity contribution in [2.24, 2.45) is 0 Å². The number of hydrogen-bond acceptors (Lipinski definition) is 4. The van der Waals surface area contributed by atoms with Crippen molar-refractivity contribution >= 4 is 23.8 Å². The van der Waals surface area contributed by atoms with Gasteiger partial charge in [0.1, 0.15) is 12.4 Å². The molecule has 0 spiro atoms. The number of alkyl halides is 3. The zero-order chi connectivity index (χ0) is 17.7. The molecule has 0 saturated heterocycles. The van der Waals surface area contributed by atoms with Gasteiger partial charge in [0.05, 0.1) is 11.3 Å². The quantitative estimate of drug-likeness (QED) is 0.547. The number of aryl methyl sites for hydroxylation is 1. The fourth-order valence-corrected chi connectivity index (χ4v) is 2.30. The lowest BCUT2D eigenvalue weighted by Crippen LogP contribution is -2.33. The monoisotopic (exact) mass is 359 g/mol. The highest BCUT2D eigenvalue weighted by Crippen LogP contribution is 2.34. The minimum absolute atomic E-state index is 0.147. The van der Waals surface area contributed by atoms with Crippen molar-refractivity contribution < 1.29 is 18.0 Å². The fourth-order valence-electron chi connectivity index (χ4n) is 2.09. The van der Waals surface area contributed by atoms with Crippen LogP contribution in [0.2, 0.25) is 0 Å². The van der Waals surface area contributed by atoms with Gasteiger partial charge in [-0.1, -0.05) is 19.1 Å². The second-order valence-corrected chi connectivity index (χ2v) is 5.38. The number of aromatic nitrogens is 3. The van der Waals surface area contributed by atoms with Crippen LogP contribution in [0.15, 0.2) is 24.3 Å². The maximum absolute atomic E-state index is 12.9. The van der Waals surface area contributed by atoms with Gasteiger partial charge in [-0.3, -0.25) is 25.3 Å². The zero-order valence-corrected chi connectivity index (χ0v) is 13.6. The summed E-state index contributed by atoms with van der Waals surface area (Å²) in [7, 11) is 0. The van der Waals surface area contributed by atoms with Crippen LogP contribution in [0.5, 0.6) is 0 Å². The van der Waals surface area contributed by atoms with Crippen LogP contribution in [-0.2, 0) is 23.9 Å². The van der Waals surface area contributed by atoms with Crippen molar-refractivity contribution in [2.75, 3.05) is 5.43 Å². The predicted molar refractivity (Wildman–Crippen MR) is 84.6 cm³/mol. The van der Waals surface area contributed by atoms with E-state index < -0.39 is 17.6 Å². The molecule has 0 aliphatic carbocycles. The smallest absolute Gasteiger partial charge is 0.298 e. The van der Waals surface area contributed by atoms with E-state index in [4.69, 9.17) is 12.2 Å². The van der Waals surface area contributed by atoms with Gasteiger partial charge in [-0.05, 0) is 30.8 Å². The molecule has 0 bridgehead atoms. The van der Waals surface area contributed by atoms with Crippen LogP contribution in [0.4, 0.5) is 18.9 Å². The third kappa shape index (κ3) is 4.34. The topological polar surface area (TPSA) is 74.7 Å². The minimum atomic E-state index is -4.52. The Balaban J connectivity index is 2.05. The number of para-hydroxylation sites is 1. The second kappa shape index (κ2) is 7.47. The third-order valence-corrected chi connectivity index (χ3v) is 3.49. The molecule has 2 rings (SSSR count).